The van der Waals surface area contributed by atoms with Gasteiger partial charge in [-0.25, -0.2) is 8.78 Å². The second kappa shape index (κ2) is 3.54. The molecule has 1 atom stereocenters. The van der Waals surface area contributed by atoms with E-state index in [1.165, 1.54) is 6.07 Å². The highest BCUT2D eigenvalue weighted by atomic mass is 19.2. The summed E-state index contributed by atoms with van der Waals surface area (Å²) in [7, 11) is 0. The molecule has 0 radical (unpaired) electrons. The minimum Gasteiger partial charge on any atom is -0.489 e. The van der Waals surface area contributed by atoms with Crippen LogP contribution in [0.25, 0.3) is 0 Å². The Labute approximate surface area is 92.2 Å². The van der Waals surface area contributed by atoms with Crippen LogP contribution in [0.2, 0.25) is 0 Å². The van der Waals surface area contributed by atoms with E-state index < -0.39 is 17.0 Å². The summed E-state index contributed by atoms with van der Waals surface area (Å²) in [5.74, 6) is -1.47. The van der Waals surface area contributed by atoms with Crippen molar-refractivity contribution in [3.63, 3.8) is 0 Å². The van der Waals surface area contributed by atoms with Crippen LogP contribution in [0.3, 0.4) is 0 Å². The van der Waals surface area contributed by atoms with Crippen LogP contribution in [0.5, 0.6) is 5.75 Å². The first kappa shape index (κ1) is 11.0. The summed E-state index contributed by atoms with van der Waals surface area (Å²) in [6, 6.07) is 3.36. The molecule has 1 aliphatic carbocycles. The normalized spacial score (nSPS) is 22.8. The van der Waals surface area contributed by atoms with Gasteiger partial charge in [0.15, 0.2) is 11.6 Å². The van der Waals surface area contributed by atoms with Gasteiger partial charge in [0.1, 0.15) is 17.6 Å². The zero-order chi connectivity index (χ0) is 11.9. The first-order valence-electron chi connectivity index (χ1n) is 5.06. The number of ketones is 1. The molecular weight excluding hydrogens is 214 g/mol. The molecule has 1 aliphatic rings. The molecule has 0 spiro atoms. The molecule has 16 heavy (non-hydrogen) atoms. The lowest BCUT2D eigenvalue weighted by atomic mass is 9.68. The summed E-state index contributed by atoms with van der Waals surface area (Å²) >= 11 is 0. The lowest BCUT2D eigenvalue weighted by molar-refractivity contribution is -0.148. The molecule has 4 heteroatoms. The number of ether oxygens (including phenoxy) is 1. The summed E-state index contributed by atoms with van der Waals surface area (Å²) in [4.78, 5) is 11.3. The van der Waals surface area contributed by atoms with Crippen molar-refractivity contribution < 1.29 is 18.3 Å². The van der Waals surface area contributed by atoms with Crippen LogP contribution in [0, 0.1) is 17.0 Å². The Morgan fingerprint density at radius 3 is 2.50 bits per heavy atom. The average Bonchev–Trinajstić information content (AvgIpc) is 2.23. The highest BCUT2D eigenvalue weighted by Crippen LogP contribution is 2.39. The molecule has 0 aromatic heterocycles. The fraction of sp³-hybridized carbons (Fsp3) is 0.417. The second-order valence-electron chi connectivity index (χ2n) is 4.53. The highest BCUT2D eigenvalue weighted by molar-refractivity contribution is 5.91. The Morgan fingerprint density at radius 2 is 2.00 bits per heavy atom. The van der Waals surface area contributed by atoms with Crippen LogP contribution in [0.15, 0.2) is 18.2 Å². The summed E-state index contributed by atoms with van der Waals surface area (Å²) < 4.78 is 31.0. The summed E-state index contributed by atoms with van der Waals surface area (Å²) in [6.45, 7) is 3.56. The Bertz CT molecular complexity index is 441. The Morgan fingerprint density at radius 1 is 1.31 bits per heavy atom. The zero-order valence-corrected chi connectivity index (χ0v) is 9.09. The van der Waals surface area contributed by atoms with Crippen LogP contribution in [-0.4, -0.2) is 11.9 Å². The number of benzene rings is 1. The molecule has 0 saturated heterocycles. The smallest absolute Gasteiger partial charge is 0.162 e. The largest absolute Gasteiger partial charge is 0.489 e. The van der Waals surface area contributed by atoms with Gasteiger partial charge in [-0.05, 0) is 26.0 Å². The second-order valence-corrected chi connectivity index (χ2v) is 4.53. The molecule has 1 aromatic carbocycles. The lowest BCUT2D eigenvalue weighted by Gasteiger charge is -2.41. The molecule has 0 bridgehead atoms. The lowest BCUT2D eigenvalue weighted by Crippen LogP contribution is -2.52. The van der Waals surface area contributed by atoms with Gasteiger partial charge in [0, 0.05) is 12.5 Å². The quantitative estimate of drug-likeness (QED) is 0.775. The number of carbonyl (C=O) groups excluding carboxylic acids is 1. The molecule has 0 N–H and O–H groups in total. The van der Waals surface area contributed by atoms with Gasteiger partial charge in [-0.1, -0.05) is 0 Å². The maximum atomic E-state index is 12.9. The van der Waals surface area contributed by atoms with Crippen molar-refractivity contribution in [2.75, 3.05) is 0 Å². The molecule has 1 fully saturated rings. The van der Waals surface area contributed by atoms with E-state index in [9.17, 15) is 13.6 Å². The topological polar surface area (TPSA) is 26.3 Å². The maximum absolute atomic E-state index is 12.9. The number of Topliss-reactive ketones (excluding diaryl/α,β-unsaturated/α-hetero) is 1. The van der Waals surface area contributed by atoms with Gasteiger partial charge < -0.3 is 4.74 Å². The van der Waals surface area contributed by atoms with Gasteiger partial charge in [0.05, 0.1) is 5.41 Å². The van der Waals surface area contributed by atoms with Gasteiger partial charge in [0.2, 0.25) is 0 Å². The fourth-order valence-corrected chi connectivity index (χ4v) is 1.64. The number of rotatable bonds is 2. The SMILES string of the molecule is CC1(C)C(=O)CC1Oc1ccc(F)c(F)c1. The molecule has 0 aliphatic heterocycles. The first-order valence-corrected chi connectivity index (χ1v) is 5.06. The number of hydrogen-bond donors (Lipinski definition) is 0. The molecule has 2 rings (SSSR count). The minimum absolute atomic E-state index is 0.125. The van der Waals surface area contributed by atoms with E-state index in [0.717, 1.165) is 12.1 Å². The van der Waals surface area contributed by atoms with E-state index in [4.69, 9.17) is 4.74 Å². The van der Waals surface area contributed by atoms with Gasteiger partial charge in [0.25, 0.3) is 0 Å². The predicted octanol–water partition coefficient (Wildman–Crippen LogP) is 2.71. The van der Waals surface area contributed by atoms with E-state index in [1.807, 2.05) is 0 Å². The summed E-state index contributed by atoms with van der Waals surface area (Å²) in [5, 5.41) is 0. The van der Waals surface area contributed by atoms with Gasteiger partial charge in [-0.15, -0.1) is 0 Å². The van der Waals surface area contributed by atoms with Crippen LogP contribution >= 0.6 is 0 Å². The molecule has 2 nitrogen and oxygen atoms in total. The van der Waals surface area contributed by atoms with Crippen molar-refractivity contribution in [1.82, 2.24) is 0 Å². The zero-order valence-electron chi connectivity index (χ0n) is 9.09. The number of halogens is 2. The Kier molecular flexibility index (Phi) is 2.45. The van der Waals surface area contributed by atoms with Crippen molar-refractivity contribution in [3.8, 4) is 5.75 Å². The van der Waals surface area contributed by atoms with Crippen LogP contribution < -0.4 is 4.74 Å². The summed E-state index contributed by atoms with van der Waals surface area (Å²) in [6.07, 6.45) is 0.0660. The number of hydrogen-bond acceptors (Lipinski definition) is 2. The predicted molar refractivity (Wildman–Crippen MR) is 54.2 cm³/mol. The Balaban J connectivity index is 2.11. The van der Waals surface area contributed by atoms with Gasteiger partial charge >= 0.3 is 0 Å². The highest BCUT2D eigenvalue weighted by Gasteiger charge is 2.49. The van der Waals surface area contributed by atoms with Gasteiger partial charge in [-0.3, -0.25) is 4.79 Å². The van der Waals surface area contributed by atoms with E-state index in [1.54, 1.807) is 13.8 Å². The van der Waals surface area contributed by atoms with E-state index in [-0.39, 0.29) is 17.6 Å². The molecule has 0 amide bonds. The van der Waals surface area contributed by atoms with Gasteiger partial charge in [-0.2, -0.15) is 0 Å². The molecule has 0 heterocycles. The molecule has 86 valence electrons. The van der Waals surface area contributed by atoms with Crippen molar-refractivity contribution in [2.45, 2.75) is 26.4 Å². The van der Waals surface area contributed by atoms with Crippen LogP contribution in [-0.2, 0) is 4.79 Å². The molecule has 1 saturated carbocycles. The first-order chi connectivity index (χ1) is 7.41. The van der Waals surface area contributed by atoms with Crippen molar-refractivity contribution in [2.24, 2.45) is 5.41 Å². The third kappa shape index (κ3) is 1.68. The third-order valence-electron chi connectivity index (χ3n) is 3.06. The fourth-order valence-electron chi connectivity index (χ4n) is 1.64. The standard InChI is InChI=1S/C12H12F2O2/c1-12(2)10(15)6-11(12)16-7-3-4-8(13)9(14)5-7/h3-5,11H,6H2,1-2H3. The van der Waals surface area contributed by atoms with E-state index >= 15 is 0 Å². The average molecular weight is 226 g/mol. The van der Waals surface area contributed by atoms with Crippen molar-refractivity contribution in [1.29, 1.82) is 0 Å². The van der Waals surface area contributed by atoms with Crippen LogP contribution in [0.1, 0.15) is 20.3 Å². The third-order valence-corrected chi connectivity index (χ3v) is 3.06. The maximum Gasteiger partial charge on any atom is 0.162 e. The van der Waals surface area contributed by atoms with Crippen molar-refractivity contribution >= 4 is 5.78 Å². The minimum atomic E-state index is -0.944. The molecular formula is C12H12F2O2. The summed E-state index contributed by atoms with van der Waals surface area (Å²) in [5.41, 5.74) is -0.537. The molecule has 1 unspecified atom stereocenters. The van der Waals surface area contributed by atoms with E-state index in [2.05, 4.69) is 0 Å². The molecule has 1 aromatic rings. The van der Waals surface area contributed by atoms with Crippen LogP contribution in [0.4, 0.5) is 8.78 Å². The monoisotopic (exact) mass is 226 g/mol. The number of carbonyl (C=O) groups is 1. The van der Waals surface area contributed by atoms with E-state index in [0.29, 0.717) is 6.42 Å². The Hall–Kier alpha value is -1.45. The van der Waals surface area contributed by atoms with Crippen molar-refractivity contribution in [3.05, 3.63) is 29.8 Å².